The van der Waals surface area contributed by atoms with E-state index in [4.69, 9.17) is 4.55 Å². The average molecular weight is 279 g/mol. The Morgan fingerprint density at radius 3 is 2.41 bits per heavy atom. The molecule has 1 fully saturated rings. The van der Waals surface area contributed by atoms with Gasteiger partial charge in [-0.05, 0) is 31.9 Å². The topological polar surface area (TPSA) is 70.5 Å². The van der Waals surface area contributed by atoms with Crippen LogP contribution in [-0.4, -0.2) is 31.0 Å². The second kappa shape index (κ2) is 4.80. The fourth-order valence-electron chi connectivity index (χ4n) is 1.65. The van der Waals surface area contributed by atoms with E-state index in [0.717, 1.165) is 18.7 Å². The van der Waals surface area contributed by atoms with Crippen LogP contribution in [0.4, 0.5) is 5.82 Å². The van der Waals surface area contributed by atoms with Gasteiger partial charge in [0.05, 0.1) is 5.69 Å². The number of pyridine rings is 1. The summed E-state index contributed by atoms with van der Waals surface area (Å²) in [6.45, 7) is 1.58. The Morgan fingerprint density at radius 1 is 1.41 bits per heavy atom. The maximum Gasteiger partial charge on any atom is 0.296 e. The minimum Gasteiger partial charge on any atom is -0.357 e. The highest BCUT2D eigenvalue weighted by molar-refractivity contribution is 7.85. The zero-order valence-electron chi connectivity index (χ0n) is 9.62. The lowest BCUT2D eigenvalue weighted by Crippen LogP contribution is -2.21. The van der Waals surface area contributed by atoms with E-state index in [9.17, 15) is 8.42 Å². The molecule has 1 aromatic heterocycles. The van der Waals surface area contributed by atoms with Crippen molar-refractivity contribution in [2.75, 3.05) is 11.9 Å². The lowest BCUT2D eigenvalue weighted by Gasteiger charge is -2.18. The molecule has 0 spiro atoms. The minimum atomic E-state index is -4.16. The number of aryl methyl sites for hydroxylation is 1. The average Bonchev–Trinajstić information content (AvgIpc) is 2.97. The fraction of sp³-hybridized carbons (Fsp3) is 0.500. The molecule has 5 nitrogen and oxygen atoms in total. The molecule has 0 aromatic carbocycles. The van der Waals surface area contributed by atoms with Crippen LogP contribution in [0.15, 0.2) is 17.0 Å². The molecule has 1 saturated carbocycles. The highest BCUT2D eigenvalue weighted by atomic mass is 35.5. The van der Waals surface area contributed by atoms with Crippen LogP contribution in [0.5, 0.6) is 0 Å². The van der Waals surface area contributed by atoms with Crippen molar-refractivity contribution in [2.24, 2.45) is 0 Å². The van der Waals surface area contributed by atoms with Gasteiger partial charge in [0.2, 0.25) is 0 Å². The summed E-state index contributed by atoms with van der Waals surface area (Å²) < 4.78 is 30.9. The second-order valence-electron chi connectivity index (χ2n) is 4.07. The fourth-order valence-corrected chi connectivity index (χ4v) is 2.31. The summed E-state index contributed by atoms with van der Waals surface area (Å²) in [5, 5.41) is 0. The third kappa shape index (κ3) is 3.08. The predicted molar refractivity (Wildman–Crippen MR) is 67.5 cm³/mol. The monoisotopic (exact) mass is 278 g/mol. The SMILES string of the molecule is Cc1nc(N(C)C2CC2)ccc1S(=O)(=O)O.Cl. The molecule has 0 saturated heterocycles. The van der Waals surface area contributed by atoms with Gasteiger partial charge in [0.25, 0.3) is 10.1 Å². The molecule has 0 atom stereocenters. The maximum absolute atomic E-state index is 11.0. The van der Waals surface area contributed by atoms with Gasteiger partial charge in [-0.15, -0.1) is 12.4 Å². The van der Waals surface area contributed by atoms with Crippen LogP contribution in [0.2, 0.25) is 0 Å². The molecule has 1 aliphatic rings. The van der Waals surface area contributed by atoms with Crippen LogP contribution in [0.3, 0.4) is 0 Å². The first kappa shape index (κ1) is 14.2. The number of aromatic nitrogens is 1. The summed E-state index contributed by atoms with van der Waals surface area (Å²) >= 11 is 0. The number of hydrogen-bond acceptors (Lipinski definition) is 4. The number of halogens is 1. The van der Waals surface area contributed by atoms with Crippen LogP contribution < -0.4 is 4.90 Å². The summed E-state index contributed by atoms with van der Waals surface area (Å²) in [6, 6.07) is 3.53. The van der Waals surface area contributed by atoms with Gasteiger partial charge in [-0.1, -0.05) is 0 Å². The summed E-state index contributed by atoms with van der Waals surface area (Å²) in [5.74, 6) is 0.743. The van der Waals surface area contributed by atoms with Gasteiger partial charge in [-0.3, -0.25) is 4.55 Å². The molecule has 0 radical (unpaired) electrons. The Hall–Kier alpha value is -0.850. The number of anilines is 1. The molecule has 17 heavy (non-hydrogen) atoms. The Balaban J connectivity index is 0.00000144. The zero-order valence-corrected chi connectivity index (χ0v) is 11.3. The molecule has 2 rings (SSSR count). The molecule has 1 aliphatic carbocycles. The summed E-state index contributed by atoms with van der Waals surface area (Å²) in [4.78, 5) is 6.09. The molecular formula is C10H15ClN2O3S. The Kier molecular flexibility index (Phi) is 4.01. The summed E-state index contributed by atoms with van der Waals surface area (Å²) in [6.07, 6.45) is 2.30. The standard InChI is InChI=1S/C10H14N2O3S.ClH/c1-7-9(16(13,14)15)5-6-10(11-7)12(2)8-3-4-8;/h5-6,8H,3-4H2,1-2H3,(H,13,14,15);1H. The van der Waals surface area contributed by atoms with Crippen molar-refractivity contribution in [3.63, 3.8) is 0 Å². The van der Waals surface area contributed by atoms with E-state index in [-0.39, 0.29) is 17.3 Å². The summed E-state index contributed by atoms with van der Waals surface area (Å²) in [5.41, 5.74) is 0.326. The molecule has 7 heteroatoms. The van der Waals surface area contributed by atoms with Crippen molar-refractivity contribution in [2.45, 2.75) is 30.7 Å². The zero-order chi connectivity index (χ0) is 11.9. The van der Waals surface area contributed by atoms with Crippen LogP contribution in [0.1, 0.15) is 18.5 Å². The third-order valence-corrected chi connectivity index (χ3v) is 3.74. The molecule has 96 valence electrons. The molecule has 0 bridgehead atoms. The number of rotatable bonds is 3. The molecule has 1 heterocycles. The van der Waals surface area contributed by atoms with Crippen molar-refractivity contribution in [3.05, 3.63) is 17.8 Å². The first-order chi connectivity index (χ1) is 7.39. The summed E-state index contributed by atoms with van der Waals surface area (Å²) in [7, 11) is -2.22. The number of nitrogens with zero attached hydrogens (tertiary/aromatic N) is 2. The highest BCUT2D eigenvalue weighted by Crippen LogP contribution is 2.29. The van der Waals surface area contributed by atoms with E-state index in [2.05, 4.69) is 4.98 Å². The first-order valence-electron chi connectivity index (χ1n) is 5.07. The van der Waals surface area contributed by atoms with Crippen molar-refractivity contribution in [1.82, 2.24) is 4.98 Å². The van der Waals surface area contributed by atoms with Crippen molar-refractivity contribution < 1.29 is 13.0 Å². The van der Waals surface area contributed by atoms with Gasteiger partial charge in [0.1, 0.15) is 10.7 Å². The largest absolute Gasteiger partial charge is 0.357 e. The minimum absolute atomic E-state index is 0. The van der Waals surface area contributed by atoms with Crippen molar-refractivity contribution >= 4 is 28.3 Å². The van der Waals surface area contributed by atoms with Crippen LogP contribution in [0.25, 0.3) is 0 Å². The molecule has 0 unspecified atom stereocenters. The lowest BCUT2D eigenvalue weighted by molar-refractivity contribution is 0.482. The second-order valence-corrected chi connectivity index (χ2v) is 5.46. The van der Waals surface area contributed by atoms with Crippen LogP contribution >= 0.6 is 12.4 Å². The Morgan fingerprint density at radius 2 is 2.00 bits per heavy atom. The highest BCUT2D eigenvalue weighted by Gasteiger charge is 2.27. The van der Waals surface area contributed by atoms with Crippen molar-refractivity contribution in [1.29, 1.82) is 0 Å². The van der Waals surface area contributed by atoms with E-state index in [0.29, 0.717) is 11.7 Å². The normalized spacial score (nSPS) is 15.2. The van der Waals surface area contributed by atoms with Gasteiger partial charge >= 0.3 is 0 Å². The van der Waals surface area contributed by atoms with E-state index >= 15 is 0 Å². The van der Waals surface area contributed by atoms with E-state index in [1.54, 1.807) is 13.0 Å². The van der Waals surface area contributed by atoms with E-state index in [1.807, 2.05) is 11.9 Å². The van der Waals surface area contributed by atoms with Gasteiger partial charge in [0.15, 0.2) is 0 Å². The van der Waals surface area contributed by atoms with Crippen LogP contribution in [-0.2, 0) is 10.1 Å². The lowest BCUT2D eigenvalue weighted by atomic mass is 10.3. The third-order valence-electron chi connectivity index (χ3n) is 2.76. The maximum atomic E-state index is 11.0. The Labute approximate surface area is 107 Å². The molecular weight excluding hydrogens is 264 g/mol. The van der Waals surface area contributed by atoms with E-state index in [1.165, 1.54) is 6.07 Å². The van der Waals surface area contributed by atoms with Gasteiger partial charge in [-0.25, -0.2) is 4.98 Å². The van der Waals surface area contributed by atoms with Crippen LogP contribution in [0, 0.1) is 6.92 Å². The predicted octanol–water partition coefficient (Wildman–Crippen LogP) is 1.66. The Bertz CT molecular complexity index is 514. The molecule has 1 aromatic rings. The van der Waals surface area contributed by atoms with Gasteiger partial charge in [-0.2, -0.15) is 8.42 Å². The smallest absolute Gasteiger partial charge is 0.296 e. The molecule has 0 aliphatic heterocycles. The quantitative estimate of drug-likeness (QED) is 0.852. The first-order valence-corrected chi connectivity index (χ1v) is 6.51. The van der Waals surface area contributed by atoms with Gasteiger partial charge in [0, 0.05) is 13.1 Å². The molecule has 1 N–H and O–H groups in total. The van der Waals surface area contributed by atoms with Crippen molar-refractivity contribution in [3.8, 4) is 0 Å². The van der Waals surface area contributed by atoms with Gasteiger partial charge < -0.3 is 4.90 Å². The molecule has 0 amide bonds. The number of hydrogen-bond donors (Lipinski definition) is 1. The van der Waals surface area contributed by atoms with E-state index < -0.39 is 10.1 Å².